The van der Waals surface area contributed by atoms with Gasteiger partial charge in [-0.25, -0.2) is 0 Å². The van der Waals surface area contributed by atoms with Crippen LogP contribution in [0.2, 0.25) is 0 Å². The zero-order valence-corrected chi connectivity index (χ0v) is 10.0. The first-order valence-corrected chi connectivity index (χ1v) is 5.78. The van der Waals surface area contributed by atoms with Crippen LogP contribution >= 0.6 is 12.6 Å². The molecular weight excluding hydrogens is 226 g/mol. The van der Waals surface area contributed by atoms with Crippen LogP contribution in [0.3, 0.4) is 0 Å². The lowest BCUT2D eigenvalue weighted by Crippen LogP contribution is -2.12. The molecule has 5 heteroatoms. The van der Waals surface area contributed by atoms with Gasteiger partial charge in [0.2, 0.25) is 0 Å². The summed E-state index contributed by atoms with van der Waals surface area (Å²) in [5, 5.41) is 10.4. The smallest absolute Gasteiger partial charge is 0.269 e. The normalized spacial score (nSPS) is 12.1. The molecule has 0 aromatic heterocycles. The summed E-state index contributed by atoms with van der Waals surface area (Å²) in [5.74, 6) is 1.85. The van der Waals surface area contributed by atoms with Gasteiger partial charge in [-0.1, -0.05) is 6.92 Å². The lowest BCUT2D eigenvalue weighted by Gasteiger charge is -2.12. The number of ether oxygens (including phenoxy) is 1. The first-order valence-electron chi connectivity index (χ1n) is 5.15. The van der Waals surface area contributed by atoms with Crippen LogP contribution in [0.1, 0.15) is 13.3 Å². The van der Waals surface area contributed by atoms with E-state index < -0.39 is 4.92 Å². The second-order valence-corrected chi connectivity index (χ2v) is 3.88. The monoisotopic (exact) mass is 241 g/mol. The van der Waals surface area contributed by atoms with E-state index in [2.05, 4.69) is 19.6 Å². The molecule has 88 valence electrons. The summed E-state index contributed by atoms with van der Waals surface area (Å²) in [6, 6.07) is 6.11. The summed E-state index contributed by atoms with van der Waals surface area (Å²) >= 11 is 4.22. The molecule has 0 spiro atoms. The predicted octanol–water partition coefficient (Wildman–Crippen LogP) is 2.93. The predicted molar refractivity (Wildman–Crippen MR) is 66.2 cm³/mol. The van der Waals surface area contributed by atoms with E-state index in [0.29, 0.717) is 18.3 Å². The summed E-state index contributed by atoms with van der Waals surface area (Å²) in [7, 11) is 0. The van der Waals surface area contributed by atoms with Gasteiger partial charge in [-0.3, -0.25) is 10.1 Å². The zero-order chi connectivity index (χ0) is 12.0. The van der Waals surface area contributed by atoms with Crippen molar-refractivity contribution < 1.29 is 9.66 Å². The molecule has 0 saturated heterocycles. The molecule has 1 unspecified atom stereocenters. The van der Waals surface area contributed by atoms with Gasteiger partial charge in [-0.2, -0.15) is 12.6 Å². The van der Waals surface area contributed by atoms with Gasteiger partial charge in [0.25, 0.3) is 5.69 Å². The van der Waals surface area contributed by atoms with Gasteiger partial charge in [0, 0.05) is 18.1 Å². The van der Waals surface area contributed by atoms with Gasteiger partial charge < -0.3 is 4.74 Å². The van der Waals surface area contributed by atoms with E-state index in [4.69, 9.17) is 4.74 Å². The number of nitrogens with zero attached hydrogens (tertiary/aromatic N) is 1. The van der Waals surface area contributed by atoms with Crippen molar-refractivity contribution in [2.75, 3.05) is 12.4 Å². The van der Waals surface area contributed by atoms with Crippen molar-refractivity contribution in [1.29, 1.82) is 0 Å². The molecule has 4 nitrogen and oxygen atoms in total. The summed E-state index contributed by atoms with van der Waals surface area (Å²) < 4.78 is 5.51. The van der Waals surface area contributed by atoms with E-state index in [1.165, 1.54) is 12.1 Å². The van der Waals surface area contributed by atoms with Gasteiger partial charge in [0.05, 0.1) is 11.5 Å². The van der Waals surface area contributed by atoms with Crippen molar-refractivity contribution in [3.63, 3.8) is 0 Å². The third-order valence-corrected chi connectivity index (χ3v) is 2.89. The molecule has 0 fully saturated rings. The fourth-order valence-corrected chi connectivity index (χ4v) is 1.54. The number of benzene rings is 1. The van der Waals surface area contributed by atoms with E-state index in [1.54, 1.807) is 12.1 Å². The fourth-order valence-electron chi connectivity index (χ4n) is 1.18. The Morgan fingerprint density at radius 3 is 2.50 bits per heavy atom. The Bertz CT molecular complexity index is 336. The van der Waals surface area contributed by atoms with Crippen LogP contribution in [0.5, 0.6) is 5.75 Å². The Morgan fingerprint density at radius 1 is 1.44 bits per heavy atom. The van der Waals surface area contributed by atoms with E-state index in [0.717, 1.165) is 12.2 Å². The van der Waals surface area contributed by atoms with Crippen LogP contribution in [0.4, 0.5) is 5.69 Å². The number of hydrogen-bond donors (Lipinski definition) is 1. The van der Waals surface area contributed by atoms with Gasteiger partial charge in [0.15, 0.2) is 0 Å². The van der Waals surface area contributed by atoms with Gasteiger partial charge in [-0.05, 0) is 24.3 Å². The van der Waals surface area contributed by atoms with Crippen molar-refractivity contribution >= 4 is 18.3 Å². The first kappa shape index (κ1) is 12.8. The van der Waals surface area contributed by atoms with Crippen LogP contribution in [0.15, 0.2) is 24.3 Å². The van der Waals surface area contributed by atoms with Crippen molar-refractivity contribution in [3.8, 4) is 5.75 Å². The Balaban J connectivity index is 2.52. The second-order valence-electron chi connectivity index (χ2n) is 3.52. The van der Waals surface area contributed by atoms with Crippen LogP contribution in [-0.4, -0.2) is 17.3 Å². The van der Waals surface area contributed by atoms with Gasteiger partial charge in [-0.15, -0.1) is 0 Å². The largest absolute Gasteiger partial charge is 0.493 e. The molecular formula is C11H15NO3S. The summed E-state index contributed by atoms with van der Waals surface area (Å²) in [4.78, 5) is 10.0. The number of hydrogen-bond acceptors (Lipinski definition) is 4. The lowest BCUT2D eigenvalue weighted by atomic mass is 10.1. The topological polar surface area (TPSA) is 52.4 Å². The molecule has 1 aromatic rings. The zero-order valence-electron chi connectivity index (χ0n) is 9.13. The van der Waals surface area contributed by atoms with Crippen LogP contribution < -0.4 is 4.74 Å². The summed E-state index contributed by atoms with van der Waals surface area (Å²) in [6.45, 7) is 2.68. The highest BCUT2D eigenvalue weighted by Gasteiger charge is 2.07. The second kappa shape index (κ2) is 6.37. The molecule has 1 rings (SSSR count). The fraction of sp³-hybridized carbons (Fsp3) is 0.455. The molecule has 0 aliphatic heterocycles. The average molecular weight is 241 g/mol. The highest BCUT2D eigenvalue weighted by Crippen LogP contribution is 2.18. The van der Waals surface area contributed by atoms with Crippen molar-refractivity contribution in [3.05, 3.63) is 34.4 Å². The molecule has 0 amide bonds. The van der Waals surface area contributed by atoms with Gasteiger partial charge >= 0.3 is 0 Å². The SMILES string of the molecule is CCC(CS)COc1ccc([N+](=O)[O-])cc1. The van der Waals surface area contributed by atoms with Crippen LogP contribution in [-0.2, 0) is 0 Å². The maximum Gasteiger partial charge on any atom is 0.269 e. The quantitative estimate of drug-likeness (QED) is 0.473. The highest BCUT2D eigenvalue weighted by atomic mass is 32.1. The van der Waals surface area contributed by atoms with E-state index in [-0.39, 0.29) is 5.69 Å². The Kier molecular flexibility index (Phi) is 5.11. The number of thiol groups is 1. The number of nitro benzene ring substituents is 1. The van der Waals surface area contributed by atoms with Crippen molar-refractivity contribution in [2.24, 2.45) is 5.92 Å². The third kappa shape index (κ3) is 3.73. The molecule has 0 bridgehead atoms. The van der Waals surface area contributed by atoms with Crippen molar-refractivity contribution in [1.82, 2.24) is 0 Å². The Morgan fingerprint density at radius 2 is 2.06 bits per heavy atom. The minimum absolute atomic E-state index is 0.0774. The summed E-state index contributed by atoms with van der Waals surface area (Å²) in [5.41, 5.74) is 0.0774. The minimum atomic E-state index is -0.424. The lowest BCUT2D eigenvalue weighted by molar-refractivity contribution is -0.384. The Labute approximate surface area is 100 Å². The molecule has 0 N–H and O–H groups in total. The molecule has 0 aliphatic carbocycles. The minimum Gasteiger partial charge on any atom is -0.493 e. The number of nitro groups is 1. The molecule has 1 aromatic carbocycles. The van der Waals surface area contributed by atoms with Crippen molar-refractivity contribution in [2.45, 2.75) is 13.3 Å². The maximum atomic E-state index is 10.4. The van der Waals surface area contributed by atoms with E-state index in [9.17, 15) is 10.1 Å². The third-order valence-electron chi connectivity index (χ3n) is 2.37. The molecule has 0 heterocycles. The van der Waals surface area contributed by atoms with E-state index in [1.807, 2.05) is 0 Å². The molecule has 0 aliphatic rings. The first-order chi connectivity index (χ1) is 7.67. The summed E-state index contributed by atoms with van der Waals surface area (Å²) in [6.07, 6.45) is 1.01. The maximum absolute atomic E-state index is 10.4. The highest BCUT2D eigenvalue weighted by molar-refractivity contribution is 7.80. The van der Waals surface area contributed by atoms with E-state index >= 15 is 0 Å². The standard InChI is InChI=1S/C11H15NO3S/c1-2-9(8-16)7-15-11-5-3-10(4-6-11)12(13)14/h3-6,9,16H,2,7-8H2,1H3. The average Bonchev–Trinajstić information content (AvgIpc) is 2.31. The molecule has 0 saturated carbocycles. The molecule has 16 heavy (non-hydrogen) atoms. The number of rotatable bonds is 6. The molecule has 0 radical (unpaired) electrons. The van der Waals surface area contributed by atoms with Crippen LogP contribution in [0.25, 0.3) is 0 Å². The van der Waals surface area contributed by atoms with Crippen LogP contribution in [0, 0.1) is 16.0 Å². The molecule has 1 atom stereocenters. The number of non-ortho nitro benzene ring substituents is 1. The van der Waals surface area contributed by atoms with Gasteiger partial charge in [0.1, 0.15) is 5.75 Å². The Hall–Kier alpha value is -1.23.